The lowest BCUT2D eigenvalue weighted by Gasteiger charge is -2.29. The van der Waals surface area contributed by atoms with Gasteiger partial charge in [0.25, 0.3) is 5.91 Å². The van der Waals surface area contributed by atoms with E-state index in [0.717, 1.165) is 12.8 Å². The number of hydrogen-bond donors (Lipinski definition) is 0. The first-order chi connectivity index (χ1) is 11.6. The summed E-state index contributed by atoms with van der Waals surface area (Å²) in [5.74, 6) is 0.00835. The lowest BCUT2D eigenvalue weighted by Crippen LogP contribution is -2.36. The minimum absolute atomic E-state index is 0.143. The second kappa shape index (κ2) is 5.70. The van der Waals surface area contributed by atoms with Crippen molar-refractivity contribution in [2.75, 3.05) is 0 Å². The van der Waals surface area contributed by atoms with Crippen molar-refractivity contribution in [2.24, 2.45) is 0 Å². The summed E-state index contributed by atoms with van der Waals surface area (Å²) >= 11 is 0. The molecule has 6 heteroatoms. The molecular weight excluding hydrogens is 307 g/mol. The fourth-order valence-corrected chi connectivity index (χ4v) is 3.04. The molecule has 5 nitrogen and oxygen atoms in total. The molecule has 1 aliphatic rings. The Morgan fingerprint density at radius 1 is 1.33 bits per heavy atom. The highest BCUT2D eigenvalue weighted by molar-refractivity contribution is 5.93. The van der Waals surface area contributed by atoms with Gasteiger partial charge in [-0.3, -0.25) is 9.20 Å². The number of fused-ring (bicyclic) bond motifs is 1. The maximum Gasteiger partial charge on any atom is 0.274 e. The fourth-order valence-electron chi connectivity index (χ4n) is 3.04. The van der Waals surface area contributed by atoms with Crippen LogP contribution < -0.4 is 0 Å². The summed E-state index contributed by atoms with van der Waals surface area (Å²) in [4.78, 5) is 23.2. The highest BCUT2D eigenvalue weighted by Gasteiger charge is 2.38. The number of rotatable bonds is 4. The Bertz CT molecular complexity index is 870. The Kier molecular flexibility index (Phi) is 3.52. The molecule has 0 aliphatic heterocycles. The van der Waals surface area contributed by atoms with E-state index >= 15 is 0 Å². The van der Waals surface area contributed by atoms with Crippen LogP contribution in [0.3, 0.4) is 0 Å². The first-order valence-electron chi connectivity index (χ1n) is 8.02. The molecule has 1 atom stereocenters. The fraction of sp³-hybridized carbons (Fsp3) is 0.278. The summed E-state index contributed by atoms with van der Waals surface area (Å²) < 4.78 is 15.9. The topological polar surface area (TPSA) is 50.5 Å². The number of hydrogen-bond acceptors (Lipinski definition) is 3. The van der Waals surface area contributed by atoms with Gasteiger partial charge in [0.1, 0.15) is 11.5 Å². The predicted molar refractivity (Wildman–Crippen MR) is 87.0 cm³/mol. The Balaban J connectivity index is 1.70. The quantitative estimate of drug-likeness (QED) is 0.740. The van der Waals surface area contributed by atoms with Crippen molar-refractivity contribution in [1.29, 1.82) is 0 Å². The van der Waals surface area contributed by atoms with Gasteiger partial charge in [0, 0.05) is 30.2 Å². The number of nitrogens with zero attached hydrogens (tertiary/aromatic N) is 4. The van der Waals surface area contributed by atoms with E-state index < -0.39 is 0 Å². The van der Waals surface area contributed by atoms with Crippen LogP contribution in [-0.2, 0) is 0 Å². The average Bonchev–Trinajstić information content (AvgIpc) is 3.32. The largest absolute Gasteiger partial charge is 0.327 e. The van der Waals surface area contributed by atoms with Crippen LogP contribution >= 0.6 is 0 Å². The molecule has 1 saturated carbocycles. The Hall–Kier alpha value is -2.76. The van der Waals surface area contributed by atoms with Crippen LogP contribution in [0, 0.1) is 5.82 Å². The van der Waals surface area contributed by atoms with Gasteiger partial charge in [0.15, 0.2) is 0 Å². The van der Waals surface area contributed by atoms with Crippen molar-refractivity contribution in [1.82, 2.24) is 19.3 Å². The lowest BCUT2D eigenvalue weighted by molar-refractivity contribution is 0.0665. The number of amides is 1. The van der Waals surface area contributed by atoms with E-state index in [0.29, 0.717) is 17.0 Å². The Morgan fingerprint density at radius 3 is 2.83 bits per heavy atom. The predicted octanol–water partition coefficient (Wildman–Crippen LogP) is 3.23. The van der Waals surface area contributed by atoms with E-state index in [9.17, 15) is 9.18 Å². The van der Waals surface area contributed by atoms with Gasteiger partial charge in [-0.2, -0.15) is 0 Å². The van der Waals surface area contributed by atoms with E-state index in [4.69, 9.17) is 0 Å². The molecule has 2 heterocycles. The van der Waals surface area contributed by atoms with Gasteiger partial charge in [-0.05, 0) is 31.9 Å². The normalized spacial score (nSPS) is 15.4. The van der Waals surface area contributed by atoms with Crippen molar-refractivity contribution in [3.63, 3.8) is 0 Å². The maximum absolute atomic E-state index is 14.1. The van der Waals surface area contributed by atoms with Crippen LogP contribution in [0.4, 0.5) is 4.39 Å². The van der Waals surface area contributed by atoms with Crippen LogP contribution in [0.2, 0.25) is 0 Å². The molecule has 0 spiro atoms. The molecule has 3 aromatic rings. The van der Waals surface area contributed by atoms with E-state index in [1.54, 1.807) is 52.2 Å². The molecule has 122 valence electrons. The molecule has 0 radical (unpaired) electrons. The summed E-state index contributed by atoms with van der Waals surface area (Å²) in [6.45, 7) is 1.86. The number of imidazole rings is 1. The second-order valence-electron chi connectivity index (χ2n) is 6.09. The van der Waals surface area contributed by atoms with E-state index in [-0.39, 0.29) is 23.8 Å². The van der Waals surface area contributed by atoms with E-state index in [1.807, 2.05) is 6.92 Å². The molecule has 0 saturated heterocycles. The molecular formula is C18H17FN4O. The van der Waals surface area contributed by atoms with Crippen molar-refractivity contribution in [3.8, 4) is 0 Å². The van der Waals surface area contributed by atoms with Gasteiger partial charge in [0.05, 0.1) is 6.04 Å². The van der Waals surface area contributed by atoms with Crippen molar-refractivity contribution >= 4 is 11.7 Å². The zero-order valence-electron chi connectivity index (χ0n) is 13.3. The molecule has 1 aromatic carbocycles. The first kappa shape index (κ1) is 14.8. The first-order valence-corrected chi connectivity index (χ1v) is 8.02. The molecule has 0 unspecified atom stereocenters. The molecule has 1 amide bonds. The second-order valence-corrected chi connectivity index (χ2v) is 6.09. The van der Waals surface area contributed by atoms with Crippen molar-refractivity contribution in [3.05, 3.63) is 66.0 Å². The van der Waals surface area contributed by atoms with E-state index in [2.05, 4.69) is 9.97 Å². The van der Waals surface area contributed by atoms with Gasteiger partial charge in [0.2, 0.25) is 5.78 Å². The highest BCUT2D eigenvalue weighted by atomic mass is 19.1. The number of carbonyl (C=O) groups excluding carboxylic acids is 1. The van der Waals surface area contributed by atoms with Gasteiger partial charge in [-0.1, -0.05) is 18.2 Å². The molecule has 4 rings (SSSR count). The Morgan fingerprint density at radius 2 is 2.12 bits per heavy atom. The molecule has 1 fully saturated rings. The van der Waals surface area contributed by atoms with Crippen LogP contribution in [0.15, 0.2) is 48.9 Å². The monoisotopic (exact) mass is 324 g/mol. The van der Waals surface area contributed by atoms with Crippen LogP contribution in [-0.4, -0.2) is 31.2 Å². The standard InChI is InChI=1S/C18H17FN4O/c1-12(14-5-2-3-6-15(14)19)23(13-7-8-13)17(24)16-11-22-10-4-9-20-18(22)21-16/h2-6,9-13H,7-8H2,1H3/t12-/m1/s1. The van der Waals surface area contributed by atoms with Crippen LogP contribution in [0.25, 0.3) is 5.78 Å². The minimum atomic E-state index is -0.344. The summed E-state index contributed by atoms with van der Waals surface area (Å²) in [5, 5.41) is 0. The Labute approximate surface area is 138 Å². The van der Waals surface area contributed by atoms with E-state index in [1.165, 1.54) is 6.07 Å². The van der Waals surface area contributed by atoms with Crippen molar-refractivity contribution < 1.29 is 9.18 Å². The third kappa shape index (κ3) is 2.54. The van der Waals surface area contributed by atoms with Gasteiger partial charge in [-0.15, -0.1) is 0 Å². The average molecular weight is 324 g/mol. The lowest BCUT2D eigenvalue weighted by atomic mass is 10.1. The molecule has 1 aliphatic carbocycles. The molecule has 2 aromatic heterocycles. The minimum Gasteiger partial charge on any atom is -0.327 e. The summed E-state index contributed by atoms with van der Waals surface area (Å²) in [6, 6.07) is 8.18. The maximum atomic E-state index is 14.1. The summed E-state index contributed by atoms with van der Waals surface area (Å²) in [6.07, 6.45) is 6.99. The molecule has 0 N–H and O–H groups in total. The van der Waals surface area contributed by atoms with Crippen LogP contribution in [0.1, 0.15) is 41.9 Å². The number of benzene rings is 1. The van der Waals surface area contributed by atoms with Crippen LogP contribution in [0.5, 0.6) is 0 Å². The smallest absolute Gasteiger partial charge is 0.274 e. The SMILES string of the molecule is C[C@H](c1ccccc1F)N(C(=O)c1cn2cccnc2n1)C1CC1. The molecule has 0 bridgehead atoms. The van der Waals surface area contributed by atoms with Crippen molar-refractivity contribution in [2.45, 2.75) is 31.8 Å². The molecule has 24 heavy (non-hydrogen) atoms. The summed E-state index contributed by atoms with van der Waals surface area (Å²) in [5.41, 5.74) is 0.864. The third-order valence-corrected chi connectivity index (χ3v) is 4.40. The number of halogens is 1. The third-order valence-electron chi connectivity index (χ3n) is 4.40. The highest BCUT2D eigenvalue weighted by Crippen LogP contribution is 2.36. The zero-order chi connectivity index (χ0) is 16.7. The number of aromatic nitrogens is 3. The van der Waals surface area contributed by atoms with Gasteiger partial charge < -0.3 is 4.90 Å². The summed E-state index contributed by atoms with van der Waals surface area (Å²) in [7, 11) is 0. The zero-order valence-corrected chi connectivity index (χ0v) is 13.3. The number of carbonyl (C=O) groups is 1. The van der Waals surface area contributed by atoms with Gasteiger partial charge in [-0.25, -0.2) is 14.4 Å². The van der Waals surface area contributed by atoms with Gasteiger partial charge >= 0.3 is 0 Å².